The Bertz CT molecular complexity index is 536. The molecule has 0 fully saturated rings. The lowest BCUT2D eigenvalue weighted by Gasteiger charge is -2.24. The summed E-state index contributed by atoms with van der Waals surface area (Å²) in [5.41, 5.74) is -0.508. The summed E-state index contributed by atoms with van der Waals surface area (Å²) >= 11 is 0. The second-order valence-corrected chi connectivity index (χ2v) is 6.55. The largest absolute Gasteiger partial charge is 0.491 e. The summed E-state index contributed by atoms with van der Waals surface area (Å²) in [5, 5.41) is 5.63. The van der Waals surface area contributed by atoms with Gasteiger partial charge in [-0.15, -0.1) is 0 Å². The van der Waals surface area contributed by atoms with E-state index in [2.05, 4.69) is 10.6 Å². The van der Waals surface area contributed by atoms with Gasteiger partial charge in [-0.1, -0.05) is 6.92 Å². The van der Waals surface area contributed by atoms with Gasteiger partial charge in [-0.3, -0.25) is 9.59 Å². The fourth-order valence-corrected chi connectivity index (χ4v) is 1.79. The molecule has 0 saturated carbocycles. The van der Waals surface area contributed by atoms with Crippen LogP contribution in [0.25, 0.3) is 0 Å². The molecule has 0 saturated heterocycles. The number of anilines is 1. The zero-order valence-corrected chi connectivity index (χ0v) is 14.9. The smallest absolute Gasteiger partial charge is 0.239 e. The minimum atomic E-state index is -1.14. The van der Waals surface area contributed by atoms with Gasteiger partial charge >= 0.3 is 0 Å². The van der Waals surface area contributed by atoms with Crippen LogP contribution >= 0.6 is 0 Å². The molecule has 0 radical (unpaired) electrons. The third-order valence-electron chi connectivity index (χ3n) is 3.61. The van der Waals surface area contributed by atoms with Crippen molar-refractivity contribution in [2.24, 2.45) is 5.41 Å². The number of hydrogen-bond acceptors (Lipinski definition) is 3. The fourth-order valence-electron chi connectivity index (χ4n) is 1.79. The summed E-state index contributed by atoms with van der Waals surface area (Å²) in [5.74, 6) is 0.131. The molecule has 1 unspecified atom stereocenters. The van der Waals surface area contributed by atoms with Crippen LogP contribution in [0.2, 0.25) is 0 Å². The summed E-state index contributed by atoms with van der Waals surface area (Å²) in [6, 6.07) is 7.15. The molecule has 128 valence electrons. The maximum Gasteiger partial charge on any atom is 0.239 e. The second kappa shape index (κ2) is 7.99. The van der Waals surface area contributed by atoms with E-state index in [1.54, 1.807) is 38.1 Å². The topological polar surface area (TPSA) is 67.4 Å². The molecule has 2 amide bonds. The first-order chi connectivity index (χ1) is 10.7. The van der Waals surface area contributed by atoms with Gasteiger partial charge in [0.25, 0.3) is 0 Å². The van der Waals surface area contributed by atoms with Gasteiger partial charge in [0.15, 0.2) is 0 Å². The molecule has 2 N–H and O–H groups in total. The van der Waals surface area contributed by atoms with Gasteiger partial charge in [-0.05, 0) is 65.3 Å². The lowest BCUT2D eigenvalue weighted by molar-refractivity contribution is -0.138. The number of amides is 2. The normalized spacial score (nSPS) is 12.7. The number of benzene rings is 1. The van der Waals surface area contributed by atoms with Crippen LogP contribution < -0.4 is 15.4 Å². The summed E-state index contributed by atoms with van der Waals surface area (Å²) in [6.45, 7) is 11.0. The highest BCUT2D eigenvalue weighted by Gasteiger charge is 2.36. The number of carbonyl (C=O) groups is 2. The second-order valence-electron chi connectivity index (χ2n) is 6.55. The molecule has 1 aromatic rings. The molecule has 5 nitrogen and oxygen atoms in total. The lowest BCUT2D eigenvalue weighted by atomic mass is 9.90. The summed E-state index contributed by atoms with van der Waals surface area (Å²) in [7, 11) is 0. The highest BCUT2D eigenvalue weighted by molar-refractivity contribution is 6.09. The Balaban J connectivity index is 2.72. The van der Waals surface area contributed by atoms with Crippen molar-refractivity contribution in [2.75, 3.05) is 5.32 Å². The first kappa shape index (κ1) is 19.0. The molecule has 0 bridgehead atoms. The van der Waals surface area contributed by atoms with Gasteiger partial charge in [-0.2, -0.15) is 0 Å². The predicted molar refractivity (Wildman–Crippen MR) is 92.5 cm³/mol. The van der Waals surface area contributed by atoms with E-state index in [9.17, 15) is 9.59 Å². The highest BCUT2D eigenvalue weighted by Crippen LogP contribution is 2.21. The van der Waals surface area contributed by atoms with Crippen molar-refractivity contribution in [1.29, 1.82) is 0 Å². The van der Waals surface area contributed by atoms with Crippen LogP contribution in [0.15, 0.2) is 24.3 Å². The number of carbonyl (C=O) groups excluding carboxylic acids is 2. The van der Waals surface area contributed by atoms with Crippen LogP contribution in [0.1, 0.15) is 48.0 Å². The third kappa shape index (κ3) is 5.58. The average molecular weight is 320 g/mol. The van der Waals surface area contributed by atoms with Gasteiger partial charge < -0.3 is 15.4 Å². The van der Waals surface area contributed by atoms with Crippen molar-refractivity contribution >= 4 is 17.5 Å². The van der Waals surface area contributed by atoms with Crippen LogP contribution in [-0.4, -0.2) is 24.0 Å². The Morgan fingerprint density at radius 2 is 1.65 bits per heavy atom. The molecule has 0 aliphatic heterocycles. The first-order valence-corrected chi connectivity index (χ1v) is 8.06. The Kier molecular flexibility index (Phi) is 6.61. The fraction of sp³-hybridized carbons (Fsp3) is 0.556. The van der Waals surface area contributed by atoms with Gasteiger partial charge in [0.1, 0.15) is 11.2 Å². The number of hydrogen-bond donors (Lipinski definition) is 2. The van der Waals surface area contributed by atoms with E-state index < -0.39 is 5.41 Å². The van der Waals surface area contributed by atoms with Crippen LogP contribution in [0, 0.1) is 5.41 Å². The van der Waals surface area contributed by atoms with Gasteiger partial charge in [0.05, 0.1) is 6.10 Å². The zero-order valence-electron chi connectivity index (χ0n) is 14.9. The standard InChI is InChI=1S/C18H28N2O3/c1-7-13(4)19-16(21)18(5,6)17(22)20-14-8-10-15(11-9-14)23-12(2)3/h8-13H,7H2,1-6H3,(H,19,21)(H,20,22). The van der Waals surface area contributed by atoms with Crippen molar-refractivity contribution in [2.45, 2.75) is 60.1 Å². The summed E-state index contributed by atoms with van der Waals surface area (Å²) in [4.78, 5) is 24.7. The van der Waals surface area contributed by atoms with Crippen molar-refractivity contribution in [3.63, 3.8) is 0 Å². The van der Waals surface area contributed by atoms with Crippen LogP contribution in [-0.2, 0) is 9.59 Å². The Morgan fingerprint density at radius 3 is 2.13 bits per heavy atom. The van der Waals surface area contributed by atoms with Gasteiger partial charge in [-0.25, -0.2) is 0 Å². The highest BCUT2D eigenvalue weighted by atomic mass is 16.5. The molecule has 1 atom stereocenters. The third-order valence-corrected chi connectivity index (χ3v) is 3.61. The Morgan fingerprint density at radius 1 is 1.09 bits per heavy atom. The van der Waals surface area contributed by atoms with Crippen molar-refractivity contribution in [1.82, 2.24) is 5.32 Å². The van der Waals surface area contributed by atoms with E-state index in [1.165, 1.54) is 0 Å². The van der Waals surface area contributed by atoms with Crippen LogP contribution in [0.4, 0.5) is 5.69 Å². The summed E-state index contributed by atoms with van der Waals surface area (Å²) in [6.07, 6.45) is 0.916. The molecule has 0 aliphatic rings. The van der Waals surface area contributed by atoms with E-state index in [1.807, 2.05) is 27.7 Å². The molecule has 1 aromatic carbocycles. The number of ether oxygens (including phenoxy) is 1. The SMILES string of the molecule is CCC(C)NC(=O)C(C)(C)C(=O)Nc1ccc(OC(C)C)cc1. The molecule has 0 aliphatic carbocycles. The minimum absolute atomic E-state index is 0.0436. The molecule has 0 spiro atoms. The quantitative estimate of drug-likeness (QED) is 0.757. The van der Waals surface area contributed by atoms with E-state index in [0.717, 1.165) is 12.2 Å². The molecule has 0 heterocycles. The molecular weight excluding hydrogens is 292 g/mol. The molecule has 5 heteroatoms. The molecular formula is C18H28N2O3. The van der Waals surface area contributed by atoms with Gasteiger partial charge in [0, 0.05) is 11.7 Å². The van der Waals surface area contributed by atoms with Crippen molar-refractivity contribution in [3.8, 4) is 5.75 Å². The van der Waals surface area contributed by atoms with Gasteiger partial charge in [0.2, 0.25) is 11.8 Å². The maximum absolute atomic E-state index is 12.4. The Labute approximate surface area is 138 Å². The van der Waals surface area contributed by atoms with Crippen molar-refractivity contribution in [3.05, 3.63) is 24.3 Å². The summed E-state index contributed by atoms with van der Waals surface area (Å²) < 4.78 is 5.56. The average Bonchev–Trinajstić information content (AvgIpc) is 2.48. The predicted octanol–water partition coefficient (Wildman–Crippen LogP) is 3.35. The van der Waals surface area contributed by atoms with E-state index >= 15 is 0 Å². The van der Waals surface area contributed by atoms with E-state index in [4.69, 9.17) is 4.74 Å². The Hall–Kier alpha value is -2.04. The first-order valence-electron chi connectivity index (χ1n) is 8.06. The monoisotopic (exact) mass is 320 g/mol. The van der Waals surface area contributed by atoms with Crippen LogP contribution in [0.5, 0.6) is 5.75 Å². The number of nitrogens with one attached hydrogen (secondary N) is 2. The van der Waals surface area contributed by atoms with E-state index in [-0.39, 0.29) is 24.0 Å². The van der Waals surface area contributed by atoms with Crippen LogP contribution in [0.3, 0.4) is 0 Å². The minimum Gasteiger partial charge on any atom is -0.491 e. The lowest BCUT2D eigenvalue weighted by Crippen LogP contribution is -2.47. The molecule has 1 rings (SSSR count). The van der Waals surface area contributed by atoms with E-state index in [0.29, 0.717) is 5.69 Å². The maximum atomic E-state index is 12.4. The number of rotatable bonds is 7. The van der Waals surface area contributed by atoms with Crippen molar-refractivity contribution < 1.29 is 14.3 Å². The molecule has 0 aromatic heterocycles. The zero-order chi connectivity index (χ0) is 17.6. The molecule has 23 heavy (non-hydrogen) atoms.